The zero-order valence-electron chi connectivity index (χ0n) is 14.1. The Balaban J connectivity index is 1.93. The lowest BCUT2D eigenvalue weighted by Gasteiger charge is -2.28. The second kappa shape index (κ2) is 7.29. The number of aliphatic carboxylic acids is 1. The molecule has 0 saturated carbocycles. The number of carboxylic acid groups (broad SMARTS) is 1. The lowest BCUT2D eigenvalue weighted by atomic mass is 10.1. The molecule has 0 spiro atoms. The molecule has 3 heterocycles. The van der Waals surface area contributed by atoms with E-state index in [1.54, 1.807) is 5.38 Å². The highest BCUT2D eigenvalue weighted by molar-refractivity contribution is 7.11. The van der Waals surface area contributed by atoms with Gasteiger partial charge in [0.15, 0.2) is 17.1 Å². The number of hydrogen-bond acceptors (Lipinski definition) is 9. The van der Waals surface area contributed by atoms with Crippen LogP contribution in [0.4, 0.5) is 8.78 Å². The molecule has 2 unspecified atom stereocenters. The highest BCUT2D eigenvalue weighted by atomic mass is 32.1. The predicted octanol–water partition coefficient (Wildman–Crippen LogP) is 0.0326. The van der Waals surface area contributed by atoms with E-state index in [1.165, 1.54) is 17.5 Å². The smallest absolute Gasteiger partial charge is 0.340 e. The Kier molecular flexibility index (Phi) is 5.22. The molecule has 9 nitrogen and oxygen atoms in total. The van der Waals surface area contributed by atoms with Gasteiger partial charge in [-0.3, -0.25) is 9.69 Å². The number of likely N-dealkylation sites (tertiary alicyclic amines) is 1. The maximum atomic E-state index is 13.7. The molecule has 0 radical (unpaired) electrons. The van der Waals surface area contributed by atoms with Crippen LogP contribution in [0, 0.1) is 0 Å². The first kappa shape index (κ1) is 19.3. The minimum atomic E-state index is -3.17. The van der Waals surface area contributed by atoms with Crippen molar-refractivity contribution in [3.8, 4) is 0 Å². The summed E-state index contributed by atoms with van der Waals surface area (Å²) in [7, 11) is 1.10. The minimum Gasteiger partial charge on any atom is -0.480 e. The summed E-state index contributed by atoms with van der Waals surface area (Å²) < 4.78 is 32.1. The van der Waals surface area contributed by atoms with Crippen molar-refractivity contribution in [2.24, 2.45) is 4.99 Å². The summed E-state index contributed by atoms with van der Waals surface area (Å²) in [6.07, 6.45) is -0.921. The highest BCUT2D eigenvalue weighted by Crippen LogP contribution is 2.33. The molecule has 3 rings (SSSR count). The summed E-state index contributed by atoms with van der Waals surface area (Å²) in [5.41, 5.74) is -0.226. The van der Waals surface area contributed by atoms with E-state index >= 15 is 0 Å². The summed E-state index contributed by atoms with van der Waals surface area (Å²) in [5, 5.41) is 24.4. The maximum absolute atomic E-state index is 13.7. The van der Waals surface area contributed by atoms with Crippen molar-refractivity contribution in [1.29, 1.82) is 0 Å². The van der Waals surface area contributed by atoms with Crippen LogP contribution in [-0.4, -0.2) is 76.3 Å². The number of thiazole rings is 1. The number of aliphatic hydroxyl groups excluding tert-OH is 1. The highest BCUT2D eigenvalue weighted by Gasteiger charge is 2.48. The van der Waals surface area contributed by atoms with E-state index in [-0.39, 0.29) is 23.7 Å². The van der Waals surface area contributed by atoms with Gasteiger partial charge in [0.1, 0.15) is 11.6 Å². The molecule has 1 fully saturated rings. The van der Waals surface area contributed by atoms with Crippen LogP contribution in [0.5, 0.6) is 0 Å². The molecule has 12 heteroatoms. The number of carbonyl (C=O) groups excluding carboxylic acids is 1. The Hall–Kier alpha value is -2.44. The molecular weight excluding hydrogens is 386 g/mol. The number of carboxylic acids is 1. The molecule has 3 N–H and O–H groups in total. The Morgan fingerprint density at radius 1 is 1.52 bits per heavy atom. The molecule has 0 aromatic carbocycles. The quantitative estimate of drug-likeness (QED) is 0.590. The number of aliphatic hydroxyl groups is 1. The van der Waals surface area contributed by atoms with Crippen molar-refractivity contribution in [2.75, 3.05) is 20.2 Å². The number of amidine groups is 1. The normalized spacial score (nSPS) is 25.1. The number of carbonyl (C=O) groups is 2. The van der Waals surface area contributed by atoms with Gasteiger partial charge in [0.05, 0.1) is 13.7 Å². The van der Waals surface area contributed by atoms with Crippen LogP contribution in [0.15, 0.2) is 27.8 Å². The van der Waals surface area contributed by atoms with Crippen LogP contribution in [0.1, 0.15) is 11.4 Å². The van der Waals surface area contributed by atoms with Crippen LogP contribution >= 0.6 is 11.3 Å². The lowest BCUT2D eigenvalue weighted by Crippen LogP contribution is -2.44. The van der Waals surface area contributed by atoms with Crippen molar-refractivity contribution >= 4 is 29.1 Å². The van der Waals surface area contributed by atoms with Gasteiger partial charge >= 0.3 is 11.9 Å². The summed E-state index contributed by atoms with van der Waals surface area (Å²) in [6, 6.07) is -1.42. The van der Waals surface area contributed by atoms with Crippen molar-refractivity contribution in [1.82, 2.24) is 15.2 Å². The molecule has 1 aromatic heterocycles. The molecule has 0 bridgehead atoms. The Labute approximate surface area is 156 Å². The average Bonchev–Trinajstić information content (AvgIpc) is 3.21. The second-order valence-corrected chi connectivity index (χ2v) is 6.91. The van der Waals surface area contributed by atoms with Crippen LogP contribution in [0.2, 0.25) is 0 Å². The molecule has 0 amide bonds. The van der Waals surface area contributed by atoms with E-state index in [0.717, 1.165) is 12.0 Å². The minimum absolute atomic E-state index is 0.0403. The predicted molar refractivity (Wildman–Crippen MR) is 89.4 cm³/mol. The van der Waals surface area contributed by atoms with Gasteiger partial charge < -0.3 is 20.3 Å². The Morgan fingerprint density at radius 3 is 2.85 bits per heavy atom. The molecule has 1 aromatic rings. The molecule has 1 saturated heterocycles. The van der Waals surface area contributed by atoms with Gasteiger partial charge in [-0.25, -0.2) is 23.6 Å². The van der Waals surface area contributed by atoms with Crippen molar-refractivity contribution in [2.45, 2.75) is 24.6 Å². The van der Waals surface area contributed by atoms with E-state index < -0.39 is 43.1 Å². The van der Waals surface area contributed by atoms with E-state index in [0.29, 0.717) is 5.01 Å². The Bertz CT molecular complexity index is 811. The number of hydrogen-bond donors (Lipinski definition) is 3. The number of rotatable bonds is 5. The lowest BCUT2D eigenvalue weighted by molar-refractivity contribution is -0.142. The number of alkyl halides is 2. The molecule has 27 heavy (non-hydrogen) atoms. The summed E-state index contributed by atoms with van der Waals surface area (Å²) in [6.45, 7) is -1.12. The third-order valence-electron chi connectivity index (χ3n) is 4.16. The van der Waals surface area contributed by atoms with Gasteiger partial charge in [-0.1, -0.05) is 0 Å². The van der Waals surface area contributed by atoms with Crippen molar-refractivity contribution in [3.63, 3.8) is 0 Å². The largest absolute Gasteiger partial charge is 0.480 e. The number of esters is 1. The van der Waals surface area contributed by atoms with Crippen LogP contribution < -0.4 is 5.32 Å². The number of halogens is 2. The first-order valence-electron chi connectivity index (χ1n) is 7.80. The number of nitrogens with one attached hydrogen (secondary N) is 1. The van der Waals surface area contributed by atoms with E-state index in [1.807, 2.05) is 0 Å². The SMILES string of the molecule is COC(=O)C1=C(CN2CC(F)(F)CC2C(=O)O)NC(c2nccs2)=NC1O. The first-order valence-corrected chi connectivity index (χ1v) is 8.68. The maximum Gasteiger partial charge on any atom is 0.340 e. The molecule has 2 atom stereocenters. The molecule has 2 aliphatic heterocycles. The first-order chi connectivity index (χ1) is 12.7. The number of aromatic nitrogens is 1. The molecule has 0 aliphatic carbocycles. The summed E-state index contributed by atoms with van der Waals surface area (Å²) in [4.78, 5) is 32.4. The standard InChI is InChI=1S/C15H16F2N4O5S/c1-26-14(25)9-7(5-21-6-15(16,17)4-8(21)13(23)24)19-10(20-11(9)22)12-18-2-3-27-12/h2-3,8,11,22H,4-6H2,1H3,(H,19,20)(H,23,24). The van der Waals surface area contributed by atoms with E-state index in [9.17, 15) is 28.6 Å². The van der Waals surface area contributed by atoms with Crippen LogP contribution in [0.3, 0.4) is 0 Å². The molecule has 2 aliphatic rings. The second-order valence-electron chi connectivity index (χ2n) is 6.02. The fourth-order valence-electron chi connectivity index (χ4n) is 2.99. The zero-order valence-corrected chi connectivity index (χ0v) is 14.9. The third-order valence-corrected chi connectivity index (χ3v) is 4.94. The van der Waals surface area contributed by atoms with Gasteiger partial charge in [0.25, 0.3) is 5.92 Å². The molecule has 146 valence electrons. The van der Waals surface area contributed by atoms with Crippen molar-refractivity contribution < 1.29 is 33.3 Å². The van der Waals surface area contributed by atoms with Crippen LogP contribution in [0.25, 0.3) is 0 Å². The monoisotopic (exact) mass is 402 g/mol. The number of aliphatic imine (C=N–C) groups is 1. The van der Waals surface area contributed by atoms with Gasteiger partial charge in [-0.2, -0.15) is 0 Å². The summed E-state index contributed by atoms with van der Waals surface area (Å²) >= 11 is 1.21. The summed E-state index contributed by atoms with van der Waals surface area (Å²) in [5.74, 6) is -5.31. The third kappa shape index (κ3) is 3.96. The number of methoxy groups -OCH3 is 1. The number of nitrogens with zero attached hydrogens (tertiary/aromatic N) is 3. The van der Waals surface area contributed by atoms with Gasteiger partial charge in [0.2, 0.25) is 0 Å². The Morgan fingerprint density at radius 2 is 2.26 bits per heavy atom. The fraction of sp³-hybridized carbons (Fsp3) is 0.467. The zero-order chi connectivity index (χ0) is 19.8. The topological polar surface area (TPSA) is 124 Å². The van der Waals surface area contributed by atoms with Gasteiger partial charge in [0, 0.05) is 30.2 Å². The fourth-order valence-corrected chi connectivity index (χ4v) is 3.58. The average molecular weight is 402 g/mol. The van der Waals surface area contributed by atoms with Gasteiger partial charge in [-0.05, 0) is 0 Å². The van der Waals surface area contributed by atoms with Crippen molar-refractivity contribution in [3.05, 3.63) is 27.9 Å². The van der Waals surface area contributed by atoms with E-state index in [4.69, 9.17) is 0 Å². The number of ether oxygens (including phenoxy) is 1. The van der Waals surface area contributed by atoms with E-state index in [2.05, 4.69) is 20.0 Å². The van der Waals surface area contributed by atoms with Crippen LogP contribution in [-0.2, 0) is 14.3 Å². The molecular formula is C15H16F2N4O5S. The van der Waals surface area contributed by atoms with Gasteiger partial charge in [-0.15, -0.1) is 11.3 Å².